The Kier molecular flexibility index (Phi) is 6.75. The van der Waals surface area contributed by atoms with Crippen molar-refractivity contribution in [1.29, 1.82) is 0 Å². The topological polar surface area (TPSA) is 58.2 Å². The van der Waals surface area contributed by atoms with Gasteiger partial charge in [0, 0.05) is 11.1 Å². The third-order valence-corrected chi connectivity index (χ3v) is 3.32. The summed E-state index contributed by atoms with van der Waals surface area (Å²) in [4.78, 5) is 22.1. The number of amides is 2. The molecule has 30 heavy (non-hydrogen) atoms. The number of benzene rings is 2. The van der Waals surface area contributed by atoms with Crippen molar-refractivity contribution in [2.75, 3.05) is 10.6 Å². The summed E-state index contributed by atoms with van der Waals surface area (Å²) in [5.74, 6) is 5.23. The maximum atomic E-state index is 12.4. The Morgan fingerprint density at radius 3 is 1.30 bits per heavy atom. The van der Waals surface area contributed by atoms with Crippen LogP contribution in [0.3, 0.4) is 0 Å². The Morgan fingerprint density at radius 1 is 0.633 bits per heavy atom. The summed E-state index contributed by atoms with van der Waals surface area (Å²) >= 11 is 0. The third kappa shape index (κ3) is 6.31. The summed E-state index contributed by atoms with van der Waals surface area (Å²) in [5.41, 5.74) is -0.287. The summed E-state index contributed by atoms with van der Waals surface area (Å²) in [5, 5.41) is 3.37. The van der Waals surface area contributed by atoms with Gasteiger partial charge in [0.05, 0.1) is 11.4 Å². The summed E-state index contributed by atoms with van der Waals surface area (Å²) in [7, 11) is 0. The van der Waals surface area contributed by atoms with Gasteiger partial charge in [0.1, 0.15) is 0 Å². The van der Waals surface area contributed by atoms with Crippen molar-refractivity contribution in [3.63, 3.8) is 0 Å². The van der Waals surface area contributed by atoms with E-state index in [0.29, 0.717) is 0 Å². The monoisotopic (exact) mass is 424 g/mol. The molecular weight excluding hydrogens is 414 g/mol. The number of carbonyl (C=O) groups is 2. The summed E-state index contributed by atoms with van der Waals surface area (Å²) in [6, 6.07) is 10.8. The molecule has 2 N–H and O–H groups in total. The summed E-state index contributed by atoms with van der Waals surface area (Å²) < 4.78 is 74.4. The lowest BCUT2D eigenvalue weighted by Gasteiger charge is -2.09. The molecule has 0 unspecified atom stereocenters. The number of nitrogens with one attached hydrogen (secondary N) is 2. The predicted molar refractivity (Wildman–Crippen MR) is 96.0 cm³/mol. The second-order valence-electron chi connectivity index (χ2n) is 5.49. The summed E-state index contributed by atoms with van der Waals surface area (Å²) in [6.45, 7) is 0. The van der Waals surface area contributed by atoms with Gasteiger partial charge >= 0.3 is 24.2 Å². The second kappa shape index (κ2) is 9.05. The van der Waals surface area contributed by atoms with E-state index in [-0.39, 0.29) is 22.5 Å². The van der Waals surface area contributed by atoms with Crippen LogP contribution in [0.15, 0.2) is 48.5 Å². The molecule has 0 aromatic heterocycles. The van der Waals surface area contributed by atoms with Crippen LogP contribution in [0.4, 0.5) is 37.7 Å². The van der Waals surface area contributed by atoms with Gasteiger partial charge < -0.3 is 10.6 Å². The number of alkyl halides is 6. The number of carbonyl (C=O) groups excluding carboxylic acids is 2. The third-order valence-electron chi connectivity index (χ3n) is 3.32. The molecule has 0 atom stereocenters. The highest BCUT2D eigenvalue weighted by molar-refractivity contribution is 5.96. The van der Waals surface area contributed by atoms with Crippen LogP contribution in [-0.4, -0.2) is 24.2 Å². The minimum absolute atomic E-state index is 0.0445. The zero-order valence-electron chi connectivity index (χ0n) is 14.7. The maximum absolute atomic E-state index is 12.4. The van der Waals surface area contributed by atoms with Crippen LogP contribution in [0.1, 0.15) is 11.1 Å². The minimum Gasteiger partial charge on any atom is -0.317 e. The van der Waals surface area contributed by atoms with Gasteiger partial charge in [-0.15, -0.1) is 0 Å². The lowest BCUT2D eigenvalue weighted by Crippen LogP contribution is -2.30. The van der Waals surface area contributed by atoms with Crippen molar-refractivity contribution in [2.45, 2.75) is 12.4 Å². The van der Waals surface area contributed by atoms with Crippen molar-refractivity contribution in [2.24, 2.45) is 0 Å². The Balaban J connectivity index is 2.23. The fourth-order valence-corrected chi connectivity index (χ4v) is 1.99. The van der Waals surface area contributed by atoms with Gasteiger partial charge in [-0.2, -0.15) is 26.3 Å². The molecule has 0 aliphatic rings. The molecule has 0 saturated heterocycles. The van der Waals surface area contributed by atoms with Gasteiger partial charge in [-0.3, -0.25) is 9.59 Å². The highest BCUT2D eigenvalue weighted by Crippen LogP contribution is 2.21. The van der Waals surface area contributed by atoms with Crippen molar-refractivity contribution in [3.05, 3.63) is 59.7 Å². The van der Waals surface area contributed by atoms with Gasteiger partial charge in [0.25, 0.3) is 0 Å². The van der Waals surface area contributed by atoms with Crippen LogP contribution in [0.5, 0.6) is 0 Å². The lowest BCUT2D eigenvalue weighted by molar-refractivity contribution is -0.167. The zero-order chi connectivity index (χ0) is 22.4. The van der Waals surface area contributed by atoms with Gasteiger partial charge in [0.2, 0.25) is 0 Å². The molecule has 2 aromatic carbocycles. The van der Waals surface area contributed by atoms with E-state index in [1.54, 1.807) is 10.6 Å². The number of anilines is 2. The van der Waals surface area contributed by atoms with E-state index in [4.69, 9.17) is 0 Å². The average molecular weight is 424 g/mol. The summed E-state index contributed by atoms with van der Waals surface area (Å²) in [6.07, 6.45) is -10.2. The van der Waals surface area contributed by atoms with E-state index in [1.165, 1.54) is 48.5 Å². The molecule has 4 nitrogen and oxygen atoms in total. The average Bonchev–Trinajstić information content (AvgIpc) is 2.66. The molecule has 0 bridgehead atoms. The standard InChI is InChI=1S/C20H10F6N2O2/c21-19(22,23)17(29)27-15-11-5-3-9-13(15)7-1-2-8-14-10-4-6-12-16(14)28-18(30)20(24,25)26/h3-6,9-12H,(H,27,29)(H,28,30). The van der Waals surface area contributed by atoms with Crippen LogP contribution in [0.2, 0.25) is 0 Å². The Labute approximate surface area is 166 Å². The first kappa shape index (κ1) is 22.4. The van der Waals surface area contributed by atoms with Gasteiger partial charge in [-0.1, -0.05) is 36.1 Å². The van der Waals surface area contributed by atoms with E-state index in [1.807, 2.05) is 0 Å². The van der Waals surface area contributed by atoms with Gasteiger partial charge in [-0.25, -0.2) is 0 Å². The van der Waals surface area contributed by atoms with Crippen LogP contribution in [0.25, 0.3) is 0 Å². The predicted octanol–water partition coefficient (Wildman–Crippen LogP) is 4.09. The van der Waals surface area contributed by atoms with Crippen molar-refractivity contribution in [1.82, 2.24) is 0 Å². The molecular formula is C20H10F6N2O2. The molecule has 0 heterocycles. The first-order chi connectivity index (χ1) is 14.0. The normalized spacial score (nSPS) is 10.7. The van der Waals surface area contributed by atoms with Crippen molar-refractivity contribution >= 4 is 23.2 Å². The molecule has 10 heteroatoms. The first-order valence-electron chi connectivity index (χ1n) is 7.95. The number of hydrogen-bond acceptors (Lipinski definition) is 2. The molecule has 2 amide bonds. The molecule has 0 spiro atoms. The molecule has 0 fully saturated rings. The zero-order valence-corrected chi connectivity index (χ0v) is 14.7. The van der Waals surface area contributed by atoms with E-state index in [2.05, 4.69) is 23.7 Å². The number of rotatable bonds is 2. The highest BCUT2D eigenvalue weighted by atomic mass is 19.4. The number of hydrogen-bond donors (Lipinski definition) is 2. The van der Waals surface area contributed by atoms with Crippen LogP contribution in [-0.2, 0) is 9.59 Å². The maximum Gasteiger partial charge on any atom is 0.471 e. The number of halogens is 6. The van der Waals surface area contributed by atoms with E-state index >= 15 is 0 Å². The smallest absolute Gasteiger partial charge is 0.317 e. The first-order valence-corrected chi connectivity index (χ1v) is 7.95. The molecule has 0 aliphatic carbocycles. The molecule has 2 rings (SSSR count). The van der Waals surface area contributed by atoms with Crippen LogP contribution in [0, 0.1) is 23.7 Å². The Hall–Kier alpha value is -3.92. The van der Waals surface area contributed by atoms with Gasteiger partial charge in [-0.05, 0) is 36.1 Å². The van der Waals surface area contributed by atoms with Crippen molar-refractivity contribution < 1.29 is 35.9 Å². The Bertz CT molecular complexity index is 995. The van der Waals surface area contributed by atoms with Crippen molar-refractivity contribution in [3.8, 4) is 23.7 Å². The van der Waals surface area contributed by atoms with E-state index in [9.17, 15) is 35.9 Å². The van der Waals surface area contributed by atoms with Crippen LogP contribution < -0.4 is 10.6 Å². The molecule has 0 saturated carbocycles. The van der Waals surface area contributed by atoms with E-state index < -0.39 is 24.2 Å². The molecule has 154 valence electrons. The minimum atomic E-state index is -5.08. The van der Waals surface area contributed by atoms with Crippen LogP contribution >= 0.6 is 0 Å². The fourth-order valence-electron chi connectivity index (χ4n) is 1.99. The second-order valence-corrected chi connectivity index (χ2v) is 5.49. The van der Waals surface area contributed by atoms with Gasteiger partial charge in [0.15, 0.2) is 0 Å². The van der Waals surface area contributed by atoms with E-state index in [0.717, 1.165) is 0 Å². The molecule has 2 aromatic rings. The number of para-hydroxylation sites is 2. The molecule has 0 radical (unpaired) electrons. The largest absolute Gasteiger partial charge is 0.471 e. The highest BCUT2D eigenvalue weighted by Gasteiger charge is 2.39. The molecule has 0 aliphatic heterocycles. The fraction of sp³-hybridized carbons (Fsp3) is 0.100. The lowest BCUT2D eigenvalue weighted by atomic mass is 10.1. The SMILES string of the molecule is O=C(Nc1ccccc1C#CC#Cc1ccccc1NC(=O)C(F)(F)F)C(F)(F)F. The Morgan fingerprint density at radius 2 is 0.967 bits per heavy atom. The quantitative estimate of drug-likeness (QED) is 0.564.